The number of benzene rings is 3. The summed E-state index contributed by atoms with van der Waals surface area (Å²) in [6.45, 7) is 0. The molecule has 0 aliphatic carbocycles. The smallest absolute Gasteiger partial charge is 0.339 e. The average Bonchev–Trinajstić information content (AvgIpc) is 2.81. The number of amides is 1. The van der Waals surface area contributed by atoms with Crippen molar-refractivity contribution >= 4 is 39.5 Å². The highest BCUT2D eigenvalue weighted by molar-refractivity contribution is 7.87. The molecule has 0 spiro atoms. The molecule has 170 valence electrons. The Morgan fingerprint density at radius 3 is 2.52 bits per heavy atom. The summed E-state index contributed by atoms with van der Waals surface area (Å²) in [7, 11) is -2.85. The quantitative estimate of drug-likeness (QED) is 0.220. The minimum atomic E-state index is -4.15. The molecule has 0 saturated carbocycles. The van der Waals surface area contributed by atoms with Crippen LogP contribution in [0.2, 0.25) is 5.02 Å². The molecule has 0 heterocycles. The van der Waals surface area contributed by atoms with Crippen molar-refractivity contribution in [2.45, 2.75) is 4.90 Å². The van der Waals surface area contributed by atoms with Crippen LogP contribution in [0.4, 0.5) is 5.69 Å². The number of methoxy groups -OCH3 is 1. The van der Waals surface area contributed by atoms with E-state index in [9.17, 15) is 23.3 Å². The van der Waals surface area contributed by atoms with Crippen LogP contribution in [0.15, 0.2) is 76.7 Å². The number of halogens is 1. The molecule has 3 aromatic rings. The van der Waals surface area contributed by atoms with Crippen molar-refractivity contribution in [1.82, 2.24) is 5.43 Å². The molecule has 0 aliphatic rings. The highest BCUT2D eigenvalue weighted by atomic mass is 35.5. The largest absolute Gasteiger partial charge is 0.493 e. The Morgan fingerprint density at radius 2 is 1.85 bits per heavy atom. The van der Waals surface area contributed by atoms with E-state index in [1.165, 1.54) is 55.8 Å². The van der Waals surface area contributed by atoms with Crippen LogP contribution in [0.5, 0.6) is 11.5 Å². The third kappa shape index (κ3) is 5.84. The van der Waals surface area contributed by atoms with Gasteiger partial charge in [-0.2, -0.15) is 13.5 Å². The van der Waals surface area contributed by atoms with Gasteiger partial charge in [0, 0.05) is 17.7 Å². The van der Waals surface area contributed by atoms with Gasteiger partial charge in [-0.1, -0.05) is 35.9 Å². The second kappa shape index (κ2) is 10.1. The number of rotatable bonds is 8. The first kappa shape index (κ1) is 23.7. The Labute approximate surface area is 193 Å². The summed E-state index contributed by atoms with van der Waals surface area (Å²) in [5, 5.41) is 14.6. The summed E-state index contributed by atoms with van der Waals surface area (Å²) in [5.74, 6) is -0.851. The number of hydrogen-bond acceptors (Lipinski definition) is 8. The van der Waals surface area contributed by atoms with Gasteiger partial charge in [0.05, 0.1) is 23.3 Å². The number of nitro benzene ring substituents is 1. The van der Waals surface area contributed by atoms with Gasteiger partial charge in [0.2, 0.25) is 5.75 Å². The maximum absolute atomic E-state index is 12.5. The first-order valence-electron chi connectivity index (χ1n) is 9.16. The predicted octanol–water partition coefficient (Wildman–Crippen LogP) is 3.79. The Balaban J connectivity index is 1.78. The molecular weight excluding hydrogens is 474 g/mol. The van der Waals surface area contributed by atoms with Gasteiger partial charge in [-0.25, -0.2) is 5.43 Å². The Hall–Kier alpha value is -3.96. The van der Waals surface area contributed by atoms with E-state index in [-0.39, 0.29) is 32.7 Å². The van der Waals surface area contributed by atoms with E-state index in [1.807, 2.05) is 0 Å². The molecule has 3 aromatic carbocycles. The molecule has 0 radical (unpaired) electrons. The molecular formula is C21H16ClN3O7S. The number of carbonyl (C=O) groups excluding carboxylic acids is 1. The van der Waals surface area contributed by atoms with E-state index in [0.29, 0.717) is 5.56 Å². The van der Waals surface area contributed by atoms with Crippen LogP contribution in [0.1, 0.15) is 15.9 Å². The zero-order valence-electron chi connectivity index (χ0n) is 17.0. The number of hydrogen-bond donors (Lipinski definition) is 1. The third-order valence-corrected chi connectivity index (χ3v) is 5.69. The zero-order valence-corrected chi connectivity index (χ0v) is 18.5. The van der Waals surface area contributed by atoms with Crippen molar-refractivity contribution in [3.63, 3.8) is 0 Å². The molecule has 12 heteroatoms. The van der Waals surface area contributed by atoms with E-state index in [2.05, 4.69) is 10.5 Å². The van der Waals surface area contributed by atoms with E-state index < -0.39 is 20.9 Å². The molecule has 0 saturated heterocycles. The van der Waals surface area contributed by atoms with Crippen LogP contribution in [0.25, 0.3) is 0 Å². The number of ether oxygens (including phenoxy) is 1. The molecule has 0 unspecified atom stereocenters. The minimum absolute atomic E-state index is 0.0217. The number of nitro groups is 1. The SMILES string of the molecule is COc1cc(C=NNC(=O)c2cccc([N+](=O)[O-])c2)cc(Cl)c1OS(=O)(=O)c1ccccc1. The van der Waals surface area contributed by atoms with Crippen LogP contribution in [-0.2, 0) is 10.1 Å². The molecule has 0 aromatic heterocycles. The summed E-state index contributed by atoms with van der Waals surface area (Å²) in [6.07, 6.45) is 1.24. The van der Waals surface area contributed by atoms with E-state index in [4.69, 9.17) is 20.5 Å². The highest BCUT2D eigenvalue weighted by Crippen LogP contribution is 2.38. The highest BCUT2D eigenvalue weighted by Gasteiger charge is 2.22. The summed E-state index contributed by atoms with van der Waals surface area (Å²) in [4.78, 5) is 22.3. The van der Waals surface area contributed by atoms with Gasteiger partial charge in [-0.3, -0.25) is 14.9 Å². The minimum Gasteiger partial charge on any atom is -0.493 e. The van der Waals surface area contributed by atoms with Gasteiger partial charge in [0.15, 0.2) is 5.75 Å². The first-order chi connectivity index (χ1) is 15.7. The second-order valence-electron chi connectivity index (χ2n) is 6.39. The van der Waals surface area contributed by atoms with Crippen molar-refractivity contribution in [3.8, 4) is 11.5 Å². The molecule has 0 fully saturated rings. The summed E-state index contributed by atoms with van der Waals surface area (Å²) in [5.41, 5.74) is 2.42. The van der Waals surface area contributed by atoms with Crippen molar-refractivity contribution in [2.75, 3.05) is 7.11 Å². The van der Waals surface area contributed by atoms with Gasteiger partial charge in [-0.15, -0.1) is 0 Å². The van der Waals surface area contributed by atoms with Crippen molar-refractivity contribution in [2.24, 2.45) is 5.10 Å². The maximum Gasteiger partial charge on any atom is 0.339 e. The Kier molecular flexibility index (Phi) is 7.26. The molecule has 3 rings (SSSR count). The van der Waals surface area contributed by atoms with Crippen LogP contribution >= 0.6 is 11.6 Å². The molecule has 1 N–H and O–H groups in total. The van der Waals surface area contributed by atoms with Crippen LogP contribution in [0.3, 0.4) is 0 Å². The molecule has 33 heavy (non-hydrogen) atoms. The normalized spacial score (nSPS) is 11.2. The topological polar surface area (TPSA) is 137 Å². The molecule has 0 aliphatic heterocycles. The van der Waals surface area contributed by atoms with Gasteiger partial charge >= 0.3 is 10.1 Å². The lowest BCUT2D eigenvalue weighted by Crippen LogP contribution is -2.17. The van der Waals surface area contributed by atoms with Crippen molar-refractivity contribution < 1.29 is 27.1 Å². The second-order valence-corrected chi connectivity index (χ2v) is 8.34. The van der Waals surface area contributed by atoms with Crippen LogP contribution < -0.4 is 14.3 Å². The van der Waals surface area contributed by atoms with Gasteiger partial charge < -0.3 is 8.92 Å². The number of non-ortho nitro benzene ring substituents is 1. The van der Waals surface area contributed by atoms with Crippen molar-refractivity contribution in [1.29, 1.82) is 0 Å². The third-order valence-electron chi connectivity index (χ3n) is 4.18. The fourth-order valence-corrected chi connectivity index (χ4v) is 3.91. The van der Waals surface area contributed by atoms with Crippen LogP contribution in [-0.4, -0.2) is 32.6 Å². The summed E-state index contributed by atoms with van der Waals surface area (Å²) < 4.78 is 35.4. The lowest BCUT2D eigenvalue weighted by molar-refractivity contribution is -0.384. The molecule has 0 atom stereocenters. The lowest BCUT2D eigenvalue weighted by Gasteiger charge is -2.13. The zero-order chi connectivity index (χ0) is 24.0. The van der Waals surface area contributed by atoms with Gasteiger partial charge in [0.1, 0.15) is 4.90 Å². The Morgan fingerprint density at radius 1 is 1.12 bits per heavy atom. The Bertz CT molecular complexity index is 1330. The van der Waals surface area contributed by atoms with E-state index >= 15 is 0 Å². The standard InChI is InChI=1S/C21H16ClN3O7S/c1-31-19-11-14(13-23-24-21(26)15-6-5-7-16(12-15)25(27)28)10-18(22)20(19)32-33(29,30)17-8-3-2-4-9-17/h2-13H,1H3,(H,24,26). The molecule has 0 bridgehead atoms. The molecule has 1 amide bonds. The van der Waals surface area contributed by atoms with Gasteiger partial charge in [-0.05, 0) is 35.9 Å². The lowest BCUT2D eigenvalue weighted by atomic mass is 10.2. The van der Waals surface area contributed by atoms with Gasteiger partial charge in [0.25, 0.3) is 11.6 Å². The van der Waals surface area contributed by atoms with E-state index in [1.54, 1.807) is 18.2 Å². The fraction of sp³-hybridized carbons (Fsp3) is 0.0476. The number of hydrazone groups is 1. The number of nitrogens with zero attached hydrogens (tertiary/aromatic N) is 2. The van der Waals surface area contributed by atoms with E-state index in [0.717, 1.165) is 6.07 Å². The monoisotopic (exact) mass is 489 g/mol. The summed E-state index contributed by atoms with van der Waals surface area (Å²) >= 11 is 6.21. The summed E-state index contributed by atoms with van der Waals surface area (Å²) in [6, 6.07) is 15.4. The molecule has 10 nitrogen and oxygen atoms in total. The fourth-order valence-electron chi connectivity index (χ4n) is 2.63. The maximum atomic E-state index is 12.5. The predicted molar refractivity (Wildman–Crippen MR) is 120 cm³/mol. The first-order valence-corrected chi connectivity index (χ1v) is 10.9. The number of nitrogens with one attached hydrogen (secondary N) is 1. The number of carbonyl (C=O) groups is 1. The van der Waals surface area contributed by atoms with Crippen molar-refractivity contribution in [3.05, 3.63) is 93.0 Å². The average molecular weight is 490 g/mol. The van der Waals surface area contributed by atoms with Crippen LogP contribution in [0, 0.1) is 10.1 Å².